The van der Waals surface area contributed by atoms with Crippen LogP contribution in [0.25, 0.3) is 0 Å². The van der Waals surface area contributed by atoms with Gasteiger partial charge < -0.3 is 15.8 Å². The van der Waals surface area contributed by atoms with Crippen molar-refractivity contribution in [3.8, 4) is 0 Å². The number of nitrogens with one attached hydrogen (secondary N) is 1. The number of aromatic nitrogens is 2. The molecule has 4 rings (SSSR count). The molecule has 2 aromatic rings. The maximum Gasteiger partial charge on any atom is 0.275 e. The Labute approximate surface area is 163 Å². The summed E-state index contributed by atoms with van der Waals surface area (Å²) in [7, 11) is 0. The number of aryl methyl sites for hydroxylation is 1. The molecule has 3 heterocycles. The monoisotopic (exact) mass is 405 g/mol. The van der Waals surface area contributed by atoms with E-state index in [4.69, 9.17) is 10.5 Å². The molecule has 0 saturated carbocycles. The van der Waals surface area contributed by atoms with Crippen molar-refractivity contribution >= 4 is 28.5 Å². The third-order valence-electron chi connectivity index (χ3n) is 4.82. The average molecular weight is 405 g/mol. The number of anilines is 1. The molecule has 1 fully saturated rings. The lowest BCUT2D eigenvalue weighted by atomic mass is 9.79. The summed E-state index contributed by atoms with van der Waals surface area (Å²) in [6.45, 7) is 1.41. The molecule has 0 radical (unpaired) electrons. The van der Waals surface area contributed by atoms with Gasteiger partial charge in [-0.2, -0.15) is 0 Å². The Morgan fingerprint density at radius 3 is 2.89 bits per heavy atom. The quantitative estimate of drug-likeness (QED) is 0.811. The topological polar surface area (TPSA) is 102 Å². The SMILES string of the molecule is Cc1cnc(C(=O)Nc2ccc(F)c(C34COCC3(F)CSC(N)=N4)c2)cn1. The molecule has 0 aliphatic carbocycles. The number of hydrogen-bond donors (Lipinski definition) is 2. The predicted octanol–water partition coefficient (Wildman–Crippen LogP) is 2.17. The number of aliphatic imine (C=N–C) groups is 1. The van der Waals surface area contributed by atoms with Crippen molar-refractivity contribution in [1.29, 1.82) is 0 Å². The second kappa shape index (κ2) is 6.78. The van der Waals surface area contributed by atoms with Crippen molar-refractivity contribution in [2.24, 2.45) is 10.7 Å². The van der Waals surface area contributed by atoms with Gasteiger partial charge in [-0.25, -0.2) is 18.8 Å². The first-order chi connectivity index (χ1) is 13.3. The van der Waals surface area contributed by atoms with Crippen LogP contribution in [0.1, 0.15) is 21.7 Å². The fourth-order valence-corrected chi connectivity index (χ4v) is 4.23. The van der Waals surface area contributed by atoms with Crippen LogP contribution < -0.4 is 11.1 Å². The summed E-state index contributed by atoms with van der Waals surface area (Å²) in [5.41, 5.74) is 3.37. The van der Waals surface area contributed by atoms with E-state index in [1.54, 1.807) is 6.92 Å². The number of thioether (sulfide) groups is 1. The molecule has 146 valence electrons. The Hall–Kier alpha value is -2.59. The molecule has 0 bridgehead atoms. The largest absolute Gasteiger partial charge is 0.379 e. The second-order valence-electron chi connectivity index (χ2n) is 6.75. The first-order valence-electron chi connectivity index (χ1n) is 8.48. The summed E-state index contributed by atoms with van der Waals surface area (Å²) in [5.74, 6) is -1.15. The number of nitrogens with two attached hydrogens (primary N) is 1. The molecule has 2 atom stereocenters. The van der Waals surface area contributed by atoms with E-state index in [1.165, 1.54) is 24.5 Å². The molecule has 2 aliphatic rings. The van der Waals surface area contributed by atoms with Gasteiger partial charge in [0.2, 0.25) is 0 Å². The molecule has 10 heteroatoms. The molecule has 2 unspecified atom stereocenters. The molecule has 1 amide bonds. The van der Waals surface area contributed by atoms with E-state index in [1.807, 2.05) is 0 Å². The van der Waals surface area contributed by atoms with Gasteiger partial charge in [-0.15, -0.1) is 0 Å². The summed E-state index contributed by atoms with van der Waals surface area (Å²) >= 11 is 1.07. The van der Waals surface area contributed by atoms with Gasteiger partial charge in [0.15, 0.2) is 16.4 Å². The number of amidine groups is 1. The number of hydrogen-bond acceptors (Lipinski definition) is 7. The van der Waals surface area contributed by atoms with Gasteiger partial charge in [0, 0.05) is 23.2 Å². The molecule has 2 aliphatic heterocycles. The first kappa shape index (κ1) is 18.8. The zero-order valence-corrected chi connectivity index (χ0v) is 15.7. The third kappa shape index (κ3) is 3.02. The summed E-state index contributed by atoms with van der Waals surface area (Å²) in [6, 6.07) is 3.91. The van der Waals surface area contributed by atoms with Crippen molar-refractivity contribution in [2.45, 2.75) is 18.1 Å². The van der Waals surface area contributed by atoms with Crippen molar-refractivity contribution < 1.29 is 18.3 Å². The number of nitrogens with zero attached hydrogens (tertiary/aromatic N) is 3. The fraction of sp³-hybridized carbons (Fsp3) is 0.333. The minimum absolute atomic E-state index is 0.0106. The maximum atomic E-state index is 15.6. The van der Waals surface area contributed by atoms with E-state index >= 15 is 4.39 Å². The van der Waals surface area contributed by atoms with Crippen LogP contribution in [-0.4, -0.2) is 45.7 Å². The highest BCUT2D eigenvalue weighted by Gasteiger charge is 2.61. The number of carbonyl (C=O) groups excluding carboxylic acids is 1. The highest BCUT2D eigenvalue weighted by Crippen LogP contribution is 2.50. The van der Waals surface area contributed by atoms with Crippen LogP contribution >= 0.6 is 11.8 Å². The summed E-state index contributed by atoms with van der Waals surface area (Å²) in [4.78, 5) is 24.7. The lowest BCUT2D eigenvalue weighted by Crippen LogP contribution is -2.52. The molecular formula is C18H17F2N5O2S. The van der Waals surface area contributed by atoms with E-state index in [-0.39, 0.29) is 41.1 Å². The molecule has 28 heavy (non-hydrogen) atoms. The number of alkyl halides is 1. The normalized spacial score (nSPS) is 26.5. The highest BCUT2D eigenvalue weighted by molar-refractivity contribution is 8.13. The lowest BCUT2D eigenvalue weighted by Gasteiger charge is -2.38. The zero-order chi connectivity index (χ0) is 19.9. The van der Waals surface area contributed by atoms with Crippen LogP contribution in [-0.2, 0) is 10.3 Å². The Bertz CT molecular complexity index is 971. The van der Waals surface area contributed by atoms with E-state index in [2.05, 4.69) is 20.3 Å². The molecule has 1 aromatic carbocycles. The zero-order valence-electron chi connectivity index (χ0n) is 14.9. The minimum Gasteiger partial charge on any atom is -0.379 e. The predicted molar refractivity (Wildman–Crippen MR) is 102 cm³/mol. The van der Waals surface area contributed by atoms with Crippen LogP contribution in [0.2, 0.25) is 0 Å². The summed E-state index contributed by atoms with van der Waals surface area (Å²) in [6.07, 6.45) is 2.81. The van der Waals surface area contributed by atoms with Crippen LogP contribution in [0.3, 0.4) is 0 Å². The number of halogens is 2. The van der Waals surface area contributed by atoms with Gasteiger partial charge in [0.05, 0.1) is 25.1 Å². The smallest absolute Gasteiger partial charge is 0.275 e. The Morgan fingerprint density at radius 1 is 1.32 bits per heavy atom. The molecule has 1 aromatic heterocycles. The van der Waals surface area contributed by atoms with Crippen molar-refractivity contribution in [1.82, 2.24) is 9.97 Å². The number of amides is 1. The first-order valence-corrected chi connectivity index (χ1v) is 9.46. The molecule has 7 nitrogen and oxygen atoms in total. The molecule has 3 N–H and O–H groups in total. The molecule has 1 saturated heterocycles. The van der Waals surface area contributed by atoms with Crippen LogP contribution in [0.4, 0.5) is 14.5 Å². The van der Waals surface area contributed by atoms with Gasteiger partial charge in [-0.3, -0.25) is 9.78 Å². The third-order valence-corrected chi connectivity index (χ3v) is 5.81. The standard InChI is InChI=1S/C18H17F2N5O2S/c1-10-5-23-14(6-22-10)15(26)24-11-2-3-13(19)12(4-11)18-8-27-7-17(18,20)9-28-16(21)25-18/h2-6H,7-9H2,1H3,(H2,21,25)(H,24,26). The minimum atomic E-state index is -1.90. The highest BCUT2D eigenvalue weighted by atomic mass is 32.2. The Morgan fingerprint density at radius 2 is 2.14 bits per heavy atom. The number of fused-ring (bicyclic) bond motifs is 1. The van der Waals surface area contributed by atoms with Crippen LogP contribution in [0.5, 0.6) is 0 Å². The summed E-state index contributed by atoms with van der Waals surface area (Å²) < 4.78 is 35.6. The number of ether oxygens (including phenoxy) is 1. The number of rotatable bonds is 3. The number of benzene rings is 1. The summed E-state index contributed by atoms with van der Waals surface area (Å²) in [5, 5.41) is 2.80. The van der Waals surface area contributed by atoms with E-state index < -0.39 is 22.9 Å². The van der Waals surface area contributed by atoms with Gasteiger partial charge >= 0.3 is 0 Å². The second-order valence-corrected chi connectivity index (χ2v) is 7.74. The lowest BCUT2D eigenvalue weighted by molar-refractivity contribution is 0.102. The fourth-order valence-electron chi connectivity index (χ4n) is 3.32. The van der Waals surface area contributed by atoms with E-state index in [0.29, 0.717) is 5.69 Å². The van der Waals surface area contributed by atoms with Crippen molar-refractivity contribution in [3.05, 3.63) is 53.4 Å². The van der Waals surface area contributed by atoms with E-state index in [9.17, 15) is 9.18 Å². The average Bonchev–Trinajstić information content (AvgIpc) is 3.01. The van der Waals surface area contributed by atoms with Gasteiger partial charge in [-0.1, -0.05) is 11.8 Å². The number of carbonyl (C=O) groups is 1. The van der Waals surface area contributed by atoms with Gasteiger partial charge in [0.25, 0.3) is 5.91 Å². The Kier molecular flexibility index (Phi) is 4.54. The van der Waals surface area contributed by atoms with Crippen molar-refractivity contribution in [3.63, 3.8) is 0 Å². The van der Waals surface area contributed by atoms with Crippen LogP contribution in [0.15, 0.2) is 35.6 Å². The van der Waals surface area contributed by atoms with Crippen molar-refractivity contribution in [2.75, 3.05) is 24.3 Å². The van der Waals surface area contributed by atoms with Gasteiger partial charge in [0.1, 0.15) is 11.5 Å². The van der Waals surface area contributed by atoms with E-state index in [0.717, 1.165) is 17.8 Å². The maximum absolute atomic E-state index is 15.6. The Balaban J connectivity index is 1.70. The molecule has 0 spiro atoms. The van der Waals surface area contributed by atoms with Crippen LogP contribution in [0, 0.1) is 12.7 Å². The molecular weight excluding hydrogens is 388 g/mol. The van der Waals surface area contributed by atoms with Gasteiger partial charge in [-0.05, 0) is 25.1 Å².